The Bertz CT molecular complexity index is 600. The summed E-state index contributed by atoms with van der Waals surface area (Å²) in [4.78, 5) is 12.1. The van der Waals surface area contributed by atoms with Crippen molar-refractivity contribution < 1.29 is 22.3 Å². The molecule has 0 aliphatic carbocycles. The third kappa shape index (κ3) is 4.42. The molecule has 2 rings (SSSR count). The normalized spacial score (nSPS) is 21.7. The first kappa shape index (κ1) is 15.8. The van der Waals surface area contributed by atoms with Crippen molar-refractivity contribution in [2.24, 2.45) is 0 Å². The standard InChI is InChI=1S/C14H18FNO4S/c1-2-13(20-12-5-3-10(15)4-6-12)14(17)16-11-7-8-21(18,19)9-11/h3-6,11,13H,2,7-9H2,1H3,(H,16,17)/t11-,13-/m0/s1. The highest BCUT2D eigenvalue weighted by molar-refractivity contribution is 7.91. The number of carbonyl (C=O) groups excluding carboxylic acids is 1. The highest BCUT2D eigenvalue weighted by Gasteiger charge is 2.31. The van der Waals surface area contributed by atoms with E-state index in [1.54, 1.807) is 6.92 Å². The summed E-state index contributed by atoms with van der Waals surface area (Å²) in [5, 5.41) is 2.70. The van der Waals surface area contributed by atoms with Crippen molar-refractivity contribution in [2.45, 2.75) is 31.9 Å². The maximum atomic E-state index is 12.8. The van der Waals surface area contributed by atoms with Crippen LogP contribution in [-0.2, 0) is 14.6 Å². The molecule has 1 N–H and O–H groups in total. The van der Waals surface area contributed by atoms with Gasteiger partial charge >= 0.3 is 0 Å². The Hall–Kier alpha value is -1.63. The molecule has 0 spiro atoms. The number of halogens is 1. The van der Waals surface area contributed by atoms with Crippen LogP contribution >= 0.6 is 0 Å². The molecule has 1 aliphatic rings. The molecule has 0 bridgehead atoms. The number of benzene rings is 1. The number of nitrogens with one attached hydrogen (secondary N) is 1. The third-order valence-electron chi connectivity index (χ3n) is 3.33. The molecular weight excluding hydrogens is 297 g/mol. The first-order chi connectivity index (χ1) is 9.89. The van der Waals surface area contributed by atoms with Crippen molar-refractivity contribution in [2.75, 3.05) is 11.5 Å². The number of hydrogen-bond acceptors (Lipinski definition) is 4. The summed E-state index contributed by atoms with van der Waals surface area (Å²) < 4.78 is 41.1. The lowest BCUT2D eigenvalue weighted by molar-refractivity contribution is -0.128. The molecule has 1 aromatic carbocycles. The average Bonchev–Trinajstić information content (AvgIpc) is 2.77. The molecule has 0 radical (unpaired) electrons. The van der Waals surface area contributed by atoms with Crippen LogP contribution in [0.4, 0.5) is 4.39 Å². The molecule has 0 unspecified atom stereocenters. The second-order valence-corrected chi connectivity index (χ2v) is 7.31. The zero-order valence-electron chi connectivity index (χ0n) is 11.7. The fraction of sp³-hybridized carbons (Fsp3) is 0.500. The van der Waals surface area contributed by atoms with Gasteiger partial charge in [-0.3, -0.25) is 4.79 Å². The van der Waals surface area contributed by atoms with E-state index in [2.05, 4.69) is 5.32 Å². The van der Waals surface area contributed by atoms with Crippen molar-refractivity contribution in [3.63, 3.8) is 0 Å². The molecule has 7 heteroatoms. The van der Waals surface area contributed by atoms with E-state index >= 15 is 0 Å². The molecule has 116 valence electrons. The minimum Gasteiger partial charge on any atom is -0.481 e. The van der Waals surface area contributed by atoms with E-state index in [1.165, 1.54) is 24.3 Å². The molecule has 1 heterocycles. The van der Waals surface area contributed by atoms with Crippen molar-refractivity contribution >= 4 is 15.7 Å². The topological polar surface area (TPSA) is 72.5 Å². The summed E-state index contributed by atoms with van der Waals surface area (Å²) in [5.41, 5.74) is 0. The van der Waals surface area contributed by atoms with Gasteiger partial charge in [-0.1, -0.05) is 6.92 Å². The molecule has 1 fully saturated rings. The number of amides is 1. The van der Waals surface area contributed by atoms with Crippen molar-refractivity contribution in [3.8, 4) is 5.75 Å². The number of ether oxygens (including phenoxy) is 1. The average molecular weight is 315 g/mol. The Balaban J connectivity index is 1.94. The second-order valence-electron chi connectivity index (χ2n) is 5.08. The summed E-state index contributed by atoms with van der Waals surface area (Å²) in [6.07, 6.45) is 0.141. The highest BCUT2D eigenvalue weighted by atomic mass is 32.2. The zero-order valence-corrected chi connectivity index (χ0v) is 12.5. The van der Waals surface area contributed by atoms with E-state index in [-0.39, 0.29) is 29.3 Å². The van der Waals surface area contributed by atoms with Crippen molar-refractivity contribution in [1.29, 1.82) is 0 Å². The van der Waals surface area contributed by atoms with Crippen LogP contribution in [-0.4, -0.2) is 38.0 Å². The smallest absolute Gasteiger partial charge is 0.261 e. The Morgan fingerprint density at radius 2 is 2.10 bits per heavy atom. The lowest BCUT2D eigenvalue weighted by atomic mass is 10.2. The first-order valence-electron chi connectivity index (χ1n) is 6.82. The molecule has 1 aliphatic heterocycles. The lowest BCUT2D eigenvalue weighted by Gasteiger charge is -2.19. The van der Waals surface area contributed by atoms with Crippen LogP contribution in [0.1, 0.15) is 19.8 Å². The van der Waals surface area contributed by atoms with Crippen LogP contribution in [0.15, 0.2) is 24.3 Å². The van der Waals surface area contributed by atoms with Gasteiger partial charge < -0.3 is 10.1 Å². The van der Waals surface area contributed by atoms with E-state index < -0.39 is 15.9 Å². The fourth-order valence-electron chi connectivity index (χ4n) is 2.20. The van der Waals surface area contributed by atoms with Gasteiger partial charge in [0.25, 0.3) is 5.91 Å². The molecule has 1 amide bonds. The maximum absolute atomic E-state index is 12.8. The van der Waals surface area contributed by atoms with Gasteiger partial charge in [-0.2, -0.15) is 0 Å². The number of hydrogen-bond donors (Lipinski definition) is 1. The third-order valence-corrected chi connectivity index (χ3v) is 5.10. The van der Waals surface area contributed by atoms with Crippen LogP contribution in [0.25, 0.3) is 0 Å². The summed E-state index contributed by atoms with van der Waals surface area (Å²) >= 11 is 0. The van der Waals surface area contributed by atoms with E-state index in [4.69, 9.17) is 4.74 Å². The summed E-state index contributed by atoms with van der Waals surface area (Å²) in [5.74, 6) is -0.239. The summed E-state index contributed by atoms with van der Waals surface area (Å²) in [6.45, 7) is 1.79. The molecule has 0 aromatic heterocycles. The molecular formula is C14H18FNO4S. The predicted octanol–water partition coefficient (Wildman–Crippen LogP) is 1.29. The lowest BCUT2D eigenvalue weighted by Crippen LogP contribution is -2.44. The van der Waals surface area contributed by atoms with Crippen molar-refractivity contribution in [1.82, 2.24) is 5.32 Å². The van der Waals surface area contributed by atoms with Crippen LogP contribution in [0, 0.1) is 5.82 Å². The molecule has 1 aromatic rings. The van der Waals surface area contributed by atoms with E-state index in [0.717, 1.165) is 0 Å². The Morgan fingerprint density at radius 1 is 1.43 bits per heavy atom. The van der Waals surface area contributed by atoms with Crippen LogP contribution < -0.4 is 10.1 Å². The predicted molar refractivity (Wildman–Crippen MR) is 76.3 cm³/mol. The molecule has 2 atom stereocenters. The summed E-state index contributed by atoms with van der Waals surface area (Å²) in [6, 6.07) is 5.05. The van der Waals surface area contributed by atoms with E-state index in [9.17, 15) is 17.6 Å². The first-order valence-corrected chi connectivity index (χ1v) is 8.65. The van der Waals surface area contributed by atoms with E-state index in [0.29, 0.717) is 18.6 Å². The Labute approximate surface area is 123 Å². The maximum Gasteiger partial charge on any atom is 0.261 e. The number of rotatable bonds is 5. The van der Waals surface area contributed by atoms with E-state index in [1.807, 2.05) is 0 Å². The second kappa shape index (κ2) is 6.43. The van der Waals surface area contributed by atoms with Gasteiger partial charge in [-0.25, -0.2) is 12.8 Å². The quantitative estimate of drug-likeness (QED) is 0.888. The van der Waals surface area contributed by atoms with Gasteiger partial charge in [0, 0.05) is 6.04 Å². The van der Waals surface area contributed by atoms with Gasteiger partial charge in [0.1, 0.15) is 11.6 Å². The van der Waals surface area contributed by atoms with Gasteiger partial charge in [0.05, 0.1) is 11.5 Å². The molecule has 5 nitrogen and oxygen atoms in total. The molecule has 1 saturated heterocycles. The Kier molecular flexibility index (Phi) is 4.82. The molecule has 0 saturated carbocycles. The van der Waals surface area contributed by atoms with Gasteiger partial charge in [-0.15, -0.1) is 0 Å². The Morgan fingerprint density at radius 3 is 2.62 bits per heavy atom. The molecule has 21 heavy (non-hydrogen) atoms. The number of sulfone groups is 1. The monoisotopic (exact) mass is 315 g/mol. The minimum atomic E-state index is -3.03. The van der Waals surface area contributed by atoms with Gasteiger partial charge in [0.2, 0.25) is 0 Å². The minimum absolute atomic E-state index is 0.0221. The number of carbonyl (C=O) groups is 1. The van der Waals surface area contributed by atoms with Crippen molar-refractivity contribution in [3.05, 3.63) is 30.1 Å². The van der Waals surface area contributed by atoms with Crippen LogP contribution in [0.2, 0.25) is 0 Å². The summed E-state index contributed by atoms with van der Waals surface area (Å²) in [7, 11) is -3.03. The van der Waals surface area contributed by atoms with Crippen LogP contribution in [0.3, 0.4) is 0 Å². The van der Waals surface area contributed by atoms with Gasteiger partial charge in [0.15, 0.2) is 15.9 Å². The largest absolute Gasteiger partial charge is 0.481 e. The SMILES string of the molecule is CC[C@H](Oc1ccc(F)cc1)C(=O)N[C@H]1CCS(=O)(=O)C1. The zero-order chi connectivity index (χ0) is 15.5. The van der Waals surface area contributed by atoms with Gasteiger partial charge in [-0.05, 0) is 37.1 Å². The fourth-order valence-corrected chi connectivity index (χ4v) is 3.88. The van der Waals surface area contributed by atoms with Crippen LogP contribution in [0.5, 0.6) is 5.75 Å². The highest BCUT2D eigenvalue weighted by Crippen LogP contribution is 2.16.